The zero-order valence-electron chi connectivity index (χ0n) is 19.2. The first kappa shape index (κ1) is 20.6. The van der Waals surface area contributed by atoms with Crippen LogP contribution in [0.5, 0.6) is 0 Å². The fourth-order valence-corrected chi connectivity index (χ4v) is 8.86. The molecule has 0 radical (unpaired) electrons. The fourth-order valence-electron chi connectivity index (χ4n) is 8.86. The molecule has 7 heteroatoms. The number of ether oxygens (including phenoxy) is 3. The van der Waals surface area contributed by atoms with Gasteiger partial charge in [0.25, 0.3) is 0 Å². The first-order valence-electron chi connectivity index (χ1n) is 11.9. The van der Waals surface area contributed by atoms with E-state index in [1.807, 2.05) is 0 Å². The van der Waals surface area contributed by atoms with Crippen LogP contribution in [0.25, 0.3) is 0 Å². The molecule has 0 N–H and O–H groups in total. The largest absolute Gasteiger partial charge is 0.475 e. The minimum Gasteiger partial charge on any atom is -0.475 e. The molecule has 2 heterocycles. The van der Waals surface area contributed by atoms with Crippen LogP contribution in [-0.4, -0.2) is 53.9 Å². The SMILES string of the molecule is CC(=O)OCC(=O)[C@@]12N=C(C)O[C@@H]1C[C@H]1[C@@H]3CCC4=CCC(=O)[C@H]5O[C@@H](C[C@@]12C)[C@@H]3[C@@]45C. The fraction of sp³-hybridized carbons (Fsp3) is 0.760. The Morgan fingerprint density at radius 3 is 2.84 bits per heavy atom. The standard InChI is InChI=1S/C25H31NO6/c1-12-26-25(19(29)11-30-13(2)27)20(31-12)9-16-15-7-5-14-6-8-17(28)22-24(14,4)21(15)18(32-22)10-23(16,25)3/h6,15-16,18,20-22H,5,7-11H2,1-4H3/t15-,16-,18-,20+,21+,22+,23-,24+,25+/m0/s1. The summed E-state index contributed by atoms with van der Waals surface area (Å²) in [5, 5.41) is 0. The van der Waals surface area contributed by atoms with E-state index in [0.29, 0.717) is 24.7 Å². The number of fused-ring (bicyclic) bond motifs is 4. The molecule has 0 unspecified atom stereocenters. The summed E-state index contributed by atoms with van der Waals surface area (Å²) in [6.45, 7) is 7.20. The molecule has 9 atom stereocenters. The molecule has 1 saturated heterocycles. The van der Waals surface area contributed by atoms with Gasteiger partial charge in [-0.2, -0.15) is 0 Å². The van der Waals surface area contributed by atoms with Gasteiger partial charge in [-0.25, -0.2) is 4.99 Å². The molecule has 6 aliphatic rings. The predicted molar refractivity (Wildman–Crippen MR) is 114 cm³/mol. The highest BCUT2D eigenvalue weighted by Crippen LogP contribution is 2.72. The maximum atomic E-state index is 13.7. The van der Waals surface area contributed by atoms with Gasteiger partial charge in [0.2, 0.25) is 5.78 Å². The Balaban J connectivity index is 1.44. The van der Waals surface area contributed by atoms with Crippen molar-refractivity contribution in [3.8, 4) is 0 Å². The third-order valence-electron chi connectivity index (χ3n) is 9.93. The van der Waals surface area contributed by atoms with Crippen molar-refractivity contribution in [2.45, 2.75) is 83.6 Å². The summed E-state index contributed by atoms with van der Waals surface area (Å²) in [6, 6.07) is 0. The lowest BCUT2D eigenvalue weighted by Crippen LogP contribution is -2.61. The average molecular weight is 442 g/mol. The van der Waals surface area contributed by atoms with E-state index in [1.165, 1.54) is 12.5 Å². The van der Waals surface area contributed by atoms with Crippen molar-refractivity contribution >= 4 is 23.4 Å². The summed E-state index contributed by atoms with van der Waals surface area (Å²) in [7, 11) is 0. The number of carbonyl (C=O) groups is 3. The minimum atomic E-state index is -1.07. The van der Waals surface area contributed by atoms with Gasteiger partial charge in [-0.05, 0) is 37.5 Å². The average Bonchev–Trinajstić information content (AvgIpc) is 3.30. The number of Topliss-reactive ketones (excluding diaryl/α,β-unsaturated/α-hetero) is 2. The Morgan fingerprint density at radius 1 is 1.31 bits per heavy atom. The summed E-state index contributed by atoms with van der Waals surface area (Å²) in [5.74, 6) is 0.898. The highest BCUT2D eigenvalue weighted by atomic mass is 16.5. The van der Waals surface area contributed by atoms with Gasteiger partial charge in [-0.15, -0.1) is 0 Å². The smallest absolute Gasteiger partial charge is 0.303 e. The van der Waals surface area contributed by atoms with Gasteiger partial charge < -0.3 is 14.2 Å². The van der Waals surface area contributed by atoms with E-state index in [1.54, 1.807) is 6.92 Å². The lowest BCUT2D eigenvalue weighted by Gasteiger charge is -2.57. The van der Waals surface area contributed by atoms with E-state index in [2.05, 4.69) is 19.9 Å². The summed E-state index contributed by atoms with van der Waals surface area (Å²) >= 11 is 0. The summed E-state index contributed by atoms with van der Waals surface area (Å²) in [4.78, 5) is 42.8. The quantitative estimate of drug-likeness (QED) is 0.494. The third-order valence-corrected chi connectivity index (χ3v) is 9.93. The van der Waals surface area contributed by atoms with Crippen LogP contribution in [0.2, 0.25) is 0 Å². The Hall–Kier alpha value is -2.02. The summed E-state index contributed by atoms with van der Waals surface area (Å²) in [5.41, 5.74) is -0.400. The predicted octanol–water partition coefficient (Wildman–Crippen LogP) is 2.80. The minimum absolute atomic E-state index is 0.0877. The number of allylic oxidation sites excluding steroid dienone is 1. The van der Waals surface area contributed by atoms with Crippen molar-refractivity contribution in [2.24, 2.45) is 33.6 Å². The first-order valence-corrected chi connectivity index (χ1v) is 11.9. The zero-order valence-corrected chi connectivity index (χ0v) is 19.2. The molecule has 172 valence electrons. The Morgan fingerprint density at radius 2 is 2.09 bits per heavy atom. The molecule has 0 aromatic carbocycles. The normalized spacial score (nSPS) is 49.9. The van der Waals surface area contributed by atoms with Crippen molar-refractivity contribution < 1.29 is 28.6 Å². The molecule has 4 fully saturated rings. The van der Waals surface area contributed by atoms with Crippen LogP contribution in [-0.2, 0) is 28.6 Å². The van der Waals surface area contributed by atoms with Crippen molar-refractivity contribution in [1.82, 2.24) is 0 Å². The molecule has 0 amide bonds. The maximum absolute atomic E-state index is 13.7. The molecule has 6 rings (SSSR count). The van der Waals surface area contributed by atoms with Crippen molar-refractivity contribution in [1.29, 1.82) is 0 Å². The van der Waals surface area contributed by atoms with Gasteiger partial charge in [-0.3, -0.25) is 14.4 Å². The number of hydrogen-bond donors (Lipinski definition) is 0. The number of rotatable bonds is 3. The number of ketones is 2. The summed E-state index contributed by atoms with van der Waals surface area (Å²) < 4.78 is 17.8. The maximum Gasteiger partial charge on any atom is 0.303 e. The lowest BCUT2D eigenvalue weighted by molar-refractivity contribution is -0.152. The monoisotopic (exact) mass is 441 g/mol. The molecule has 2 aliphatic heterocycles. The van der Waals surface area contributed by atoms with E-state index in [0.717, 1.165) is 19.3 Å². The van der Waals surface area contributed by atoms with Crippen LogP contribution in [0.4, 0.5) is 0 Å². The van der Waals surface area contributed by atoms with Crippen LogP contribution >= 0.6 is 0 Å². The molecular weight excluding hydrogens is 410 g/mol. The summed E-state index contributed by atoms with van der Waals surface area (Å²) in [6.07, 6.45) is 5.24. The van der Waals surface area contributed by atoms with Gasteiger partial charge in [0.15, 0.2) is 23.8 Å². The lowest BCUT2D eigenvalue weighted by atomic mass is 9.46. The molecule has 3 saturated carbocycles. The second-order valence-corrected chi connectivity index (χ2v) is 11.1. The number of nitrogens with zero attached hydrogens (tertiary/aromatic N) is 1. The van der Waals surface area contributed by atoms with E-state index in [9.17, 15) is 14.4 Å². The van der Waals surface area contributed by atoms with Crippen molar-refractivity contribution in [3.63, 3.8) is 0 Å². The van der Waals surface area contributed by atoms with E-state index >= 15 is 0 Å². The molecule has 0 aromatic rings. The molecule has 0 spiro atoms. The topological polar surface area (TPSA) is 91.3 Å². The molecule has 32 heavy (non-hydrogen) atoms. The van der Waals surface area contributed by atoms with Gasteiger partial charge in [0, 0.05) is 37.0 Å². The highest BCUT2D eigenvalue weighted by molar-refractivity contribution is 5.97. The van der Waals surface area contributed by atoms with Crippen LogP contribution in [0, 0.1) is 28.6 Å². The van der Waals surface area contributed by atoms with Crippen LogP contribution in [0.1, 0.15) is 59.8 Å². The van der Waals surface area contributed by atoms with Crippen LogP contribution in [0.3, 0.4) is 0 Å². The second kappa shape index (κ2) is 6.31. The Kier molecular flexibility index (Phi) is 4.06. The zero-order chi connectivity index (χ0) is 22.6. The number of hydrogen-bond acceptors (Lipinski definition) is 7. The second-order valence-electron chi connectivity index (χ2n) is 11.1. The number of esters is 1. The van der Waals surface area contributed by atoms with Gasteiger partial charge in [0.1, 0.15) is 12.2 Å². The van der Waals surface area contributed by atoms with Crippen molar-refractivity contribution in [2.75, 3.05) is 6.61 Å². The molecule has 0 aromatic heterocycles. The van der Waals surface area contributed by atoms with E-state index in [4.69, 9.17) is 19.2 Å². The molecular formula is C25H31NO6. The van der Waals surface area contributed by atoms with Gasteiger partial charge in [-0.1, -0.05) is 25.5 Å². The van der Waals surface area contributed by atoms with Gasteiger partial charge in [0.05, 0.1) is 6.10 Å². The Labute approximate surface area is 187 Å². The van der Waals surface area contributed by atoms with E-state index < -0.39 is 16.9 Å². The van der Waals surface area contributed by atoms with Gasteiger partial charge >= 0.3 is 5.97 Å². The van der Waals surface area contributed by atoms with Crippen LogP contribution in [0.15, 0.2) is 16.6 Å². The van der Waals surface area contributed by atoms with Crippen LogP contribution < -0.4 is 0 Å². The molecule has 7 nitrogen and oxygen atoms in total. The van der Waals surface area contributed by atoms with E-state index in [-0.39, 0.29) is 53.7 Å². The Bertz CT molecular complexity index is 1000. The number of aliphatic imine (C=N–C) groups is 1. The molecule has 0 bridgehead atoms. The number of carbonyl (C=O) groups excluding carboxylic acids is 3. The highest BCUT2D eigenvalue weighted by Gasteiger charge is 2.77. The first-order chi connectivity index (χ1) is 15.1. The third kappa shape index (κ3) is 2.21. The van der Waals surface area contributed by atoms with Crippen molar-refractivity contribution in [3.05, 3.63) is 11.6 Å². The molecule has 4 aliphatic carbocycles.